The monoisotopic (exact) mass is 1050 g/mol. The Morgan fingerprint density at radius 1 is 0.645 bits per heavy atom. The van der Waals surface area contributed by atoms with Crippen LogP contribution in [0.15, 0.2) is 60.7 Å². The van der Waals surface area contributed by atoms with Gasteiger partial charge in [-0.3, -0.25) is 4.55 Å². The third-order valence-corrected chi connectivity index (χ3v) is 13.3. The van der Waals surface area contributed by atoms with Gasteiger partial charge in [-0.05, 0) is 65.5 Å². The van der Waals surface area contributed by atoms with E-state index in [1.54, 1.807) is 0 Å². The number of ether oxygens (including phenoxy) is 2. The van der Waals surface area contributed by atoms with Gasteiger partial charge in [0, 0.05) is 11.8 Å². The number of benzene rings is 2. The van der Waals surface area contributed by atoms with E-state index in [1.807, 2.05) is 0 Å². The molecule has 0 aromatic heterocycles. The van der Waals surface area contributed by atoms with E-state index in [-0.39, 0.29) is 32.0 Å². The molecule has 0 heterocycles. The predicted octanol–water partition coefficient (Wildman–Crippen LogP) is 6.49. The highest BCUT2D eigenvalue weighted by molar-refractivity contribution is 7.86. The summed E-state index contributed by atoms with van der Waals surface area (Å²) in [6, 6.07) is 18.4. The molecule has 0 saturated heterocycles. The average molecular weight is 1050 g/mol. The Kier molecular flexibility index (Phi) is 16.9. The molecule has 24 heteroatoms. The van der Waals surface area contributed by atoms with Crippen LogP contribution in [0, 0.1) is 19.0 Å². The molecule has 1 fully saturated rings. The van der Waals surface area contributed by atoms with E-state index in [0.717, 1.165) is 0 Å². The lowest BCUT2D eigenvalue weighted by molar-refractivity contribution is -0.597. The van der Waals surface area contributed by atoms with Crippen LogP contribution in [0.25, 0.3) is 0 Å². The molecule has 2 atom stereocenters. The van der Waals surface area contributed by atoms with Crippen LogP contribution in [0.1, 0.15) is 71.9 Å². The van der Waals surface area contributed by atoms with Crippen LogP contribution in [0.4, 0.5) is 61.5 Å². The van der Waals surface area contributed by atoms with Gasteiger partial charge in [-0.15, -0.1) is 0 Å². The fourth-order valence-corrected chi connectivity index (χ4v) is 8.50. The van der Waals surface area contributed by atoms with Gasteiger partial charge in [0.2, 0.25) is 0 Å². The first-order chi connectivity index (χ1) is 27.5. The number of esters is 1. The van der Waals surface area contributed by atoms with E-state index in [4.69, 9.17) is 4.55 Å². The second kappa shape index (κ2) is 19.0. The van der Waals surface area contributed by atoms with Crippen LogP contribution >= 0.6 is 0 Å². The smallest absolute Gasteiger partial charge is 0.426 e. The van der Waals surface area contributed by atoms with Gasteiger partial charge < -0.3 is 19.7 Å². The molecule has 0 amide bonds. The molecule has 3 N–H and O–H groups in total. The number of carbonyl (C=O) groups is 1. The summed E-state index contributed by atoms with van der Waals surface area (Å²) in [6.07, 6.45) is -36.0. The Balaban J connectivity index is 0.000000523. The fourth-order valence-electron chi connectivity index (χ4n) is 6.11. The van der Waals surface area contributed by atoms with E-state index in [9.17, 15) is 84.9 Å². The molecule has 1 aliphatic rings. The molecule has 0 spiro atoms. The largest absolute Gasteiger partial charge is 0.459 e. The molecule has 0 aliphatic heterocycles. The van der Waals surface area contributed by atoms with Crippen molar-refractivity contribution in [3.8, 4) is 0 Å². The number of hydrogen-bond acceptors (Lipinski definition) is 7. The molecule has 8 nitrogen and oxygen atoms in total. The molecule has 2 aromatic carbocycles. The summed E-state index contributed by atoms with van der Waals surface area (Å²) in [7, 11) is -6.05. The Bertz CT molecular complexity index is 1820. The summed E-state index contributed by atoms with van der Waals surface area (Å²) in [6.45, 7) is 12.8. The maximum atomic E-state index is 13.4. The standard InChI is InChI=1S/C20H26I.C18H18F14O8S/c1-19(2,3)15-7-11-17(12-8-15)21-18-13-9-16(10-14-18)20(4,5)6;1-7(5-39-6-12(19,20)41(36,37)38)11(33)40-10-3-8(13(34,15(21,22)23)16(24,25)26)2-9(4-10)14(35,17(27,28)29)18(30,31)32/h7-14H,1-6H3;8-10,34-35H,1-6H2,(H,36,37,38)/q+1;. The van der Waals surface area contributed by atoms with E-state index >= 15 is 0 Å². The molecular formula is C38H44F14IO8S+. The van der Waals surface area contributed by atoms with Gasteiger partial charge in [0.15, 0.2) is 7.14 Å². The number of aliphatic hydroxyl groups is 2. The molecule has 2 aromatic rings. The van der Waals surface area contributed by atoms with Gasteiger partial charge in [0.05, 0.1) is 12.2 Å². The minimum absolute atomic E-state index is 0.0703. The van der Waals surface area contributed by atoms with E-state index < -0.39 is 113 Å². The van der Waals surface area contributed by atoms with Crippen LogP contribution in [0.5, 0.6) is 0 Å². The number of hydrogen-bond donors (Lipinski definition) is 3. The fraction of sp³-hybridized carbons (Fsp3) is 0.605. The summed E-state index contributed by atoms with van der Waals surface area (Å²) in [5.74, 6) is -9.31. The molecule has 62 heavy (non-hydrogen) atoms. The van der Waals surface area contributed by atoms with Crippen molar-refractivity contribution in [2.24, 2.45) is 11.8 Å². The predicted molar refractivity (Wildman–Crippen MR) is 189 cm³/mol. The highest BCUT2D eigenvalue weighted by Gasteiger charge is 2.78. The Morgan fingerprint density at radius 2 is 0.968 bits per heavy atom. The summed E-state index contributed by atoms with van der Waals surface area (Å²) in [5.41, 5.74) is -9.84. The lowest BCUT2D eigenvalue weighted by Crippen LogP contribution is -3.61. The number of rotatable bonds is 11. The van der Waals surface area contributed by atoms with Crippen molar-refractivity contribution in [2.75, 3.05) is 13.2 Å². The van der Waals surface area contributed by atoms with Crippen molar-refractivity contribution in [1.29, 1.82) is 0 Å². The van der Waals surface area contributed by atoms with Crippen molar-refractivity contribution in [2.45, 2.75) is 119 Å². The van der Waals surface area contributed by atoms with E-state index in [2.05, 4.69) is 106 Å². The Hall–Kier alpha value is -2.81. The lowest BCUT2D eigenvalue weighted by atomic mass is 9.65. The normalized spacial score (nSPS) is 19.0. The summed E-state index contributed by atoms with van der Waals surface area (Å²) in [5, 5.41) is 14.2. The third-order valence-electron chi connectivity index (χ3n) is 9.70. The summed E-state index contributed by atoms with van der Waals surface area (Å²) in [4.78, 5) is 12.1. The molecule has 0 bridgehead atoms. The van der Waals surface area contributed by atoms with Gasteiger partial charge in [0.1, 0.15) is 12.7 Å². The highest BCUT2D eigenvalue weighted by Crippen LogP contribution is 2.58. The zero-order chi connectivity index (χ0) is 48.5. The number of halogens is 15. The maximum Gasteiger partial charge on any atom is 0.426 e. The van der Waals surface area contributed by atoms with Gasteiger partial charge in [-0.25, -0.2) is 4.79 Å². The molecule has 2 unspecified atom stereocenters. The molecule has 3 rings (SSSR count). The molecular weight excluding hydrogens is 1010 g/mol. The minimum Gasteiger partial charge on any atom is -0.459 e. The van der Waals surface area contributed by atoms with Crippen molar-refractivity contribution in [3.05, 3.63) is 79.0 Å². The number of alkyl halides is 14. The highest BCUT2D eigenvalue weighted by atomic mass is 127. The zero-order valence-corrected chi connectivity index (χ0v) is 36.5. The quantitative estimate of drug-likeness (QED) is 0.0767. The SMILES string of the molecule is C=C(COCC(F)(F)S(=O)(=O)O)C(=O)OC1CC(C(O)(C(F)(F)F)C(F)(F)F)CC(C(O)(C(F)(F)F)C(F)(F)F)C1.CC(C)(C)c1ccc([I+]c2ccc(C(C)(C)C)cc2)cc1. The Labute approximate surface area is 358 Å². The maximum absolute atomic E-state index is 13.4. The van der Waals surface area contributed by atoms with Crippen molar-refractivity contribution >= 4 is 16.1 Å². The topological polar surface area (TPSA) is 130 Å². The van der Waals surface area contributed by atoms with Crippen LogP contribution in [0.2, 0.25) is 0 Å². The molecule has 354 valence electrons. The van der Waals surface area contributed by atoms with Crippen molar-refractivity contribution in [3.63, 3.8) is 0 Å². The van der Waals surface area contributed by atoms with Gasteiger partial charge in [-0.2, -0.15) is 69.9 Å². The average Bonchev–Trinajstić information content (AvgIpc) is 3.08. The van der Waals surface area contributed by atoms with Gasteiger partial charge in [0.25, 0.3) is 11.2 Å². The van der Waals surface area contributed by atoms with E-state index in [1.165, 1.54) is 18.3 Å². The molecule has 1 aliphatic carbocycles. The van der Waals surface area contributed by atoms with Crippen molar-refractivity contribution < 1.29 is 120 Å². The van der Waals surface area contributed by atoms with Crippen LogP contribution in [-0.4, -0.2) is 89.6 Å². The summed E-state index contributed by atoms with van der Waals surface area (Å²) < 4.78 is 227. The van der Waals surface area contributed by atoms with Crippen LogP contribution in [-0.2, 0) is 35.2 Å². The van der Waals surface area contributed by atoms with Gasteiger partial charge in [-0.1, -0.05) is 72.4 Å². The first-order valence-electron chi connectivity index (χ1n) is 17.9. The third kappa shape index (κ3) is 13.1. The van der Waals surface area contributed by atoms with Crippen molar-refractivity contribution in [1.82, 2.24) is 0 Å². The molecule has 0 radical (unpaired) electrons. The van der Waals surface area contributed by atoms with Gasteiger partial charge >= 0.3 is 67.3 Å². The van der Waals surface area contributed by atoms with Crippen LogP contribution in [0.3, 0.4) is 0 Å². The lowest BCUT2D eigenvalue weighted by Gasteiger charge is -2.48. The zero-order valence-electron chi connectivity index (χ0n) is 33.6. The summed E-state index contributed by atoms with van der Waals surface area (Å²) >= 11 is -0.0703. The Morgan fingerprint density at radius 3 is 1.24 bits per heavy atom. The second-order valence-corrected chi connectivity index (χ2v) is 21.0. The minimum atomic E-state index is -6.77. The van der Waals surface area contributed by atoms with E-state index in [0.29, 0.717) is 0 Å². The molecule has 1 saturated carbocycles. The first kappa shape index (κ1) is 55.3. The first-order valence-corrected chi connectivity index (χ1v) is 21.5. The second-order valence-electron chi connectivity index (χ2n) is 16.5. The van der Waals surface area contributed by atoms with Crippen LogP contribution < -0.4 is 21.2 Å². The number of carbonyl (C=O) groups excluding carboxylic acids is 1.